The Morgan fingerprint density at radius 3 is 2.76 bits per heavy atom. The topological polar surface area (TPSA) is 56.0 Å². The van der Waals surface area contributed by atoms with Crippen molar-refractivity contribution in [2.75, 3.05) is 7.05 Å². The van der Waals surface area contributed by atoms with Crippen LogP contribution in [0.5, 0.6) is 0 Å². The maximum atomic E-state index is 4.67. The summed E-state index contributed by atoms with van der Waals surface area (Å²) in [6.45, 7) is 4.07. The van der Waals surface area contributed by atoms with Gasteiger partial charge in [0.1, 0.15) is 5.82 Å². The lowest BCUT2D eigenvalue weighted by atomic mass is 9.65. The van der Waals surface area contributed by atoms with E-state index in [0.29, 0.717) is 0 Å². The molecule has 2 aromatic heterocycles. The summed E-state index contributed by atoms with van der Waals surface area (Å²) in [4.78, 5) is 13.5. The van der Waals surface area contributed by atoms with Crippen molar-refractivity contribution in [3.63, 3.8) is 0 Å². The van der Waals surface area contributed by atoms with Crippen LogP contribution >= 0.6 is 0 Å². The normalized spacial score (nSPS) is 16.4. The first-order chi connectivity index (χ1) is 12.1. The van der Waals surface area contributed by atoms with E-state index in [2.05, 4.69) is 51.4 Å². The van der Waals surface area contributed by atoms with Crippen LogP contribution < -0.4 is 0 Å². The van der Waals surface area contributed by atoms with Crippen molar-refractivity contribution in [3.05, 3.63) is 47.5 Å². The van der Waals surface area contributed by atoms with Crippen molar-refractivity contribution in [2.45, 2.75) is 44.9 Å². The molecule has 0 amide bonds. The number of nitrogens with zero attached hydrogens (tertiary/aromatic N) is 5. The van der Waals surface area contributed by atoms with E-state index in [1.54, 1.807) is 0 Å². The predicted molar refractivity (Wildman–Crippen MR) is 101 cm³/mol. The molecule has 0 atom stereocenters. The molecule has 25 heavy (non-hydrogen) atoms. The highest BCUT2D eigenvalue weighted by Crippen LogP contribution is 2.43. The van der Waals surface area contributed by atoms with Crippen LogP contribution in [0.1, 0.15) is 43.3 Å². The Hall–Kier alpha value is -2.56. The monoisotopic (exact) mass is 333 g/mol. The summed E-state index contributed by atoms with van der Waals surface area (Å²) in [5.74, 6) is 1.69. The fourth-order valence-corrected chi connectivity index (χ4v) is 3.69. The Morgan fingerprint density at radius 1 is 1.24 bits per heavy atom. The van der Waals surface area contributed by atoms with Crippen LogP contribution in [0.3, 0.4) is 0 Å². The van der Waals surface area contributed by atoms with Gasteiger partial charge in [-0.3, -0.25) is 4.99 Å². The van der Waals surface area contributed by atoms with Gasteiger partial charge >= 0.3 is 0 Å². The molecule has 0 N–H and O–H groups in total. The van der Waals surface area contributed by atoms with E-state index in [1.165, 1.54) is 12.0 Å². The number of aryl methyl sites for hydroxylation is 2. The van der Waals surface area contributed by atoms with Gasteiger partial charge in [-0.2, -0.15) is 5.10 Å². The van der Waals surface area contributed by atoms with E-state index in [1.807, 2.05) is 30.9 Å². The summed E-state index contributed by atoms with van der Waals surface area (Å²) in [6.07, 6.45) is 8.42. The lowest BCUT2D eigenvalue weighted by Gasteiger charge is -2.39. The van der Waals surface area contributed by atoms with Crippen molar-refractivity contribution in [1.82, 2.24) is 19.7 Å². The quantitative estimate of drug-likeness (QED) is 0.682. The molecule has 0 radical (unpaired) electrons. The van der Waals surface area contributed by atoms with Crippen molar-refractivity contribution in [2.24, 2.45) is 4.99 Å². The molecular weight excluding hydrogens is 310 g/mol. The van der Waals surface area contributed by atoms with E-state index in [4.69, 9.17) is 0 Å². The Bertz CT molecular complexity index is 950. The fraction of sp³-hybridized carbons (Fsp3) is 0.400. The second kappa shape index (κ2) is 6.06. The third-order valence-electron chi connectivity index (χ3n) is 5.19. The number of aromatic nitrogens is 4. The summed E-state index contributed by atoms with van der Waals surface area (Å²) in [6, 6.07) is 8.63. The fourth-order valence-electron chi connectivity index (χ4n) is 3.69. The summed E-state index contributed by atoms with van der Waals surface area (Å²) < 4.78 is 1.93. The van der Waals surface area contributed by atoms with Crippen LogP contribution in [-0.2, 0) is 11.8 Å². The average Bonchev–Trinajstić information content (AvgIpc) is 3.00. The minimum absolute atomic E-state index is 0.0915. The summed E-state index contributed by atoms with van der Waals surface area (Å²) in [5.41, 5.74) is 3.47. The summed E-state index contributed by atoms with van der Waals surface area (Å²) in [5, 5.41) is 5.71. The van der Waals surface area contributed by atoms with Crippen molar-refractivity contribution in [3.8, 4) is 5.82 Å². The molecule has 4 rings (SSSR count). The Balaban J connectivity index is 1.86. The van der Waals surface area contributed by atoms with Gasteiger partial charge in [-0.1, -0.05) is 25.5 Å². The molecule has 1 fully saturated rings. The first-order valence-corrected chi connectivity index (χ1v) is 8.92. The molecule has 128 valence electrons. The van der Waals surface area contributed by atoms with E-state index in [0.717, 1.165) is 47.5 Å². The van der Waals surface area contributed by atoms with E-state index in [-0.39, 0.29) is 5.41 Å². The molecule has 1 aromatic carbocycles. The molecule has 1 aliphatic carbocycles. The number of benzene rings is 1. The number of hydrogen-bond donors (Lipinski definition) is 0. The zero-order valence-electron chi connectivity index (χ0n) is 15.0. The highest BCUT2D eigenvalue weighted by atomic mass is 15.3. The van der Waals surface area contributed by atoms with Gasteiger partial charge < -0.3 is 0 Å². The summed E-state index contributed by atoms with van der Waals surface area (Å²) in [7, 11) is 1.86. The van der Waals surface area contributed by atoms with Crippen LogP contribution in [0.4, 0.5) is 0 Å². The van der Waals surface area contributed by atoms with Crippen LogP contribution in [0.25, 0.3) is 16.7 Å². The second-order valence-corrected chi connectivity index (χ2v) is 6.86. The van der Waals surface area contributed by atoms with Gasteiger partial charge in [0.05, 0.1) is 11.7 Å². The van der Waals surface area contributed by atoms with Crippen LogP contribution in [0, 0.1) is 6.92 Å². The predicted octanol–water partition coefficient (Wildman–Crippen LogP) is 3.81. The Kier molecular flexibility index (Phi) is 3.86. The number of aliphatic imine (C=N–C) groups is 1. The van der Waals surface area contributed by atoms with Gasteiger partial charge in [0.25, 0.3) is 0 Å². The standard InChI is InChI=1S/C20H23N5/c1-4-18-23-14(2)10-19(24-18)25-17-11-16(7-6-15(17)12-22-25)20(13-21-3)8-5-9-20/h6-7,10-13H,4-5,8-9H2,1-3H3. The molecule has 1 aliphatic rings. The lowest BCUT2D eigenvalue weighted by Crippen LogP contribution is -2.35. The molecule has 0 spiro atoms. The Morgan fingerprint density at radius 2 is 2.08 bits per heavy atom. The average molecular weight is 333 g/mol. The molecule has 3 aromatic rings. The highest BCUT2D eigenvalue weighted by Gasteiger charge is 2.37. The largest absolute Gasteiger partial charge is 0.300 e. The van der Waals surface area contributed by atoms with Crippen LogP contribution in [0.15, 0.2) is 35.5 Å². The first-order valence-electron chi connectivity index (χ1n) is 8.92. The third kappa shape index (κ3) is 2.64. The lowest BCUT2D eigenvalue weighted by molar-refractivity contribution is 0.348. The second-order valence-electron chi connectivity index (χ2n) is 6.86. The molecule has 5 nitrogen and oxygen atoms in total. The zero-order chi connectivity index (χ0) is 17.4. The van der Waals surface area contributed by atoms with E-state index >= 15 is 0 Å². The molecule has 2 heterocycles. The van der Waals surface area contributed by atoms with Crippen LogP contribution in [0.2, 0.25) is 0 Å². The smallest absolute Gasteiger partial charge is 0.157 e. The van der Waals surface area contributed by atoms with Crippen molar-refractivity contribution >= 4 is 17.1 Å². The third-order valence-corrected chi connectivity index (χ3v) is 5.19. The summed E-state index contributed by atoms with van der Waals surface area (Å²) >= 11 is 0. The number of rotatable bonds is 4. The minimum atomic E-state index is 0.0915. The van der Waals surface area contributed by atoms with Crippen molar-refractivity contribution < 1.29 is 0 Å². The molecular formula is C20H23N5. The van der Waals surface area contributed by atoms with Gasteiger partial charge in [-0.15, -0.1) is 0 Å². The van der Waals surface area contributed by atoms with E-state index < -0.39 is 0 Å². The van der Waals surface area contributed by atoms with Gasteiger partial charge in [0, 0.05) is 42.2 Å². The van der Waals surface area contributed by atoms with Gasteiger partial charge in [-0.25, -0.2) is 14.6 Å². The molecule has 0 bridgehead atoms. The van der Waals surface area contributed by atoms with Crippen molar-refractivity contribution in [1.29, 1.82) is 0 Å². The van der Waals surface area contributed by atoms with Gasteiger partial charge in [-0.05, 0) is 31.4 Å². The minimum Gasteiger partial charge on any atom is -0.300 e. The SMILES string of the molecule is CCc1nc(C)cc(-n2ncc3ccc(C4(C=NC)CCC4)cc32)n1. The molecule has 0 aliphatic heterocycles. The number of fused-ring (bicyclic) bond motifs is 1. The zero-order valence-corrected chi connectivity index (χ0v) is 15.0. The van der Waals surface area contributed by atoms with Gasteiger partial charge in [0.15, 0.2) is 5.82 Å². The number of hydrogen-bond acceptors (Lipinski definition) is 4. The maximum Gasteiger partial charge on any atom is 0.157 e. The molecule has 1 saturated carbocycles. The molecule has 0 unspecified atom stereocenters. The highest BCUT2D eigenvalue weighted by molar-refractivity contribution is 5.84. The molecule has 0 saturated heterocycles. The van der Waals surface area contributed by atoms with E-state index in [9.17, 15) is 0 Å². The first kappa shape index (κ1) is 15.9. The maximum absolute atomic E-state index is 4.67. The molecule has 5 heteroatoms. The Labute approximate surface area is 147 Å². The van der Waals surface area contributed by atoms with Gasteiger partial charge in [0.2, 0.25) is 0 Å². The van der Waals surface area contributed by atoms with Crippen LogP contribution in [-0.4, -0.2) is 33.0 Å².